The summed E-state index contributed by atoms with van der Waals surface area (Å²) in [6.07, 6.45) is 0. The first-order valence-electron chi connectivity index (χ1n) is 8.22. The van der Waals surface area contributed by atoms with Gasteiger partial charge in [-0.3, -0.25) is 4.79 Å². The van der Waals surface area contributed by atoms with Crippen molar-refractivity contribution in [1.82, 2.24) is 9.21 Å². The first kappa shape index (κ1) is 18.1. The molecule has 0 saturated carbocycles. The summed E-state index contributed by atoms with van der Waals surface area (Å²) in [5, 5.41) is 0. The molecule has 1 aromatic heterocycles. The van der Waals surface area contributed by atoms with Crippen LogP contribution in [0.25, 0.3) is 0 Å². The lowest BCUT2D eigenvalue weighted by Crippen LogP contribution is -2.50. The smallest absolute Gasteiger partial charge is 0.264 e. The maximum atomic E-state index is 12.7. The fourth-order valence-electron chi connectivity index (χ4n) is 2.83. The van der Waals surface area contributed by atoms with E-state index in [2.05, 4.69) is 0 Å². The number of thiophene rings is 1. The van der Waals surface area contributed by atoms with Gasteiger partial charge in [-0.05, 0) is 44.5 Å². The summed E-state index contributed by atoms with van der Waals surface area (Å²) < 4.78 is 26.9. The topological polar surface area (TPSA) is 57.7 Å². The predicted molar refractivity (Wildman–Crippen MR) is 99.6 cm³/mol. The molecule has 1 fully saturated rings. The predicted octanol–water partition coefficient (Wildman–Crippen LogP) is 2.82. The van der Waals surface area contributed by atoms with Gasteiger partial charge in [-0.15, -0.1) is 11.3 Å². The van der Waals surface area contributed by atoms with Gasteiger partial charge in [-0.25, -0.2) is 8.42 Å². The van der Waals surface area contributed by atoms with E-state index in [0.717, 1.165) is 20.9 Å². The quantitative estimate of drug-likeness (QED) is 0.825. The van der Waals surface area contributed by atoms with Crippen LogP contribution >= 0.6 is 11.3 Å². The Bertz CT molecular complexity index is 858. The fourth-order valence-corrected chi connectivity index (χ4v) is 5.25. The van der Waals surface area contributed by atoms with E-state index >= 15 is 0 Å². The van der Waals surface area contributed by atoms with E-state index in [1.165, 1.54) is 15.6 Å². The summed E-state index contributed by atoms with van der Waals surface area (Å²) in [4.78, 5) is 16.5. The third kappa shape index (κ3) is 3.63. The number of carbonyl (C=O) groups is 1. The van der Waals surface area contributed by atoms with Gasteiger partial charge in [-0.1, -0.05) is 17.7 Å². The maximum absolute atomic E-state index is 12.7. The third-order valence-electron chi connectivity index (χ3n) is 4.56. The minimum atomic E-state index is -3.50. The number of nitrogens with zero attached hydrogens (tertiary/aromatic N) is 2. The zero-order valence-corrected chi connectivity index (χ0v) is 16.3. The number of sulfonamides is 1. The molecule has 5 nitrogen and oxygen atoms in total. The molecule has 0 unspecified atom stereocenters. The summed E-state index contributed by atoms with van der Waals surface area (Å²) in [5.41, 5.74) is 2.14. The average molecular weight is 379 g/mol. The van der Waals surface area contributed by atoms with E-state index in [0.29, 0.717) is 31.1 Å². The molecule has 0 aliphatic carbocycles. The molecule has 0 bridgehead atoms. The van der Waals surface area contributed by atoms with Crippen LogP contribution in [0.3, 0.4) is 0 Å². The van der Waals surface area contributed by atoms with Crippen LogP contribution in [0.15, 0.2) is 35.2 Å². The second-order valence-corrected chi connectivity index (χ2v) is 9.55. The van der Waals surface area contributed by atoms with Crippen molar-refractivity contribution in [3.63, 3.8) is 0 Å². The first-order chi connectivity index (χ1) is 11.8. The van der Waals surface area contributed by atoms with Gasteiger partial charge >= 0.3 is 0 Å². The van der Waals surface area contributed by atoms with Crippen LogP contribution in [0, 0.1) is 20.8 Å². The molecule has 2 heterocycles. The zero-order chi connectivity index (χ0) is 18.2. The van der Waals surface area contributed by atoms with Crippen molar-refractivity contribution in [2.24, 2.45) is 0 Å². The highest BCUT2D eigenvalue weighted by molar-refractivity contribution is 7.89. The number of carbonyl (C=O) groups excluding carboxylic acids is 1. The lowest BCUT2D eigenvalue weighted by atomic mass is 10.2. The van der Waals surface area contributed by atoms with Gasteiger partial charge in [0.2, 0.25) is 10.0 Å². The minimum absolute atomic E-state index is 0.00594. The van der Waals surface area contributed by atoms with Gasteiger partial charge in [0, 0.05) is 31.1 Å². The number of amides is 1. The Hall–Kier alpha value is -1.70. The number of hydrogen-bond donors (Lipinski definition) is 0. The van der Waals surface area contributed by atoms with Crippen LogP contribution in [0.5, 0.6) is 0 Å². The van der Waals surface area contributed by atoms with Crippen molar-refractivity contribution in [1.29, 1.82) is 0 Å². The minimum Gasteiger partial charge on any atom is -0.335 e. The van der Waals surface area contributed by atoms with Gasteiger partial charge in [0.05, 0.1) is 9.77 Å². The van der Waals surface area contributed by atoms with E-state index in [9.17, 15) is 13.2 Å². The van der Waals surface area contributed by atoms with Crippen LogP contribution in [0.2, 0.25) is 0 Å². The number of benzene rings is 1. The van der Waals surface area contributed by atoms with Crippen molar-refractivity contribution < 1.29 is 13.2 Å². The van der Waals surface area contributed by atoms with Gasteiger partial charge in [0.25, 0.3) is 5.91 Å². The second kappa shape index (κ2) is 6.90. The SMILES string of the molecule is Cc1ccc(S(=O)(=O)N2CCN(C(=O)c3cc(C)c(C)s3)CC2)cc1. The molecular weight excluding hydrogens is 356 g/mol. The zero-order valence-electron chi connectivity index (χ0n) is 14.7. The summed E-state index contributed by atoms with van der Waals surface area (Å²) in [6, 6.07) is 8.79. The highest BCUT2D eigenvalue weighted by Gasteiger charge is 2.30. The standard InChI is InChI=1S/C18H22N2O3S2/c1-13-4-6-16(7-5-13)25(22,23)20-10-8-19(9-11-20)18(21)17-12-14(2)15(3)24-17/h4-7,12H,8-11H2,1-3H3. The average Bonchev–Trinajstić information content (AvgIpc) is 2.94. The number of hydrogen-bond acceptors (Lipinski definition) is 4. The van der Waals surface area contributed by atoms with Crippen molar-refractivity contribution in [2.75, 3.05) is 26.2 Å². The number of aryl methyl sites for hydroxylation is 3. The van der Waals surface area contributed by atoms with Crippen molar-refractivity contribution in [3.8, 4) is 0 Å². The molecule has 7 heteroatoms. The molecule has 2 aromatic rings. The summed E-state index contributed by atoms with van der Waals surface area (Å²) >= 11 is 1.50. The Kier molecular flexibility index (Phi) is 4.99. The van der Waals surface area contributed by atoms with Crippen LogP contribution < -0.4 is 0 Å². The Balaban J connectivity index is 1.69. The lowest BCUT2D eigenvalue weighted by Gasteiger charge is -2.33. The molecule has 0 atom stereocenters. The largest absolute Gasteiger partial charge is 0.335 e. The molecule has 1 aliphatic heterocycles. The van der Waals surface area contributed by atoms with Crippen LogP contribution in [-0.4, -0.2) is 49.7 Å². The Morgan fingerprint density at radius 1 is 1.00 bits per heavy atom. The molecule has 1 amide bonds. The fraction of sp³-hybridized carbons (Fsp3) is 0.389. The molecule has 1 aliphatic rings. The lowest BCUT2D eigenvalue weighted by molar-refractivity contribution is 0.0702. The van der Waals surface area contributed by atoms with Crippen molar-refractivity contribution in [3.05, 3.63) is 51.2 Å². The van der Waals surface area contributed by atoms with E-state index in [4.69, 9.17) is 0 Å². The molecular formula is C18H22N2O3S2. The van der Waals surface area contributed by atoms with E-state index in [-0.39, 0.29) is 5.91 Å². The molecule has 25 heavy (non-hydrogen) atoms. The Labute approximate surface area is 152 Å². The van der Waals surface area contributed by atoms with Gasteiger partial charge in [-0.2, -0.15) is 4.31 Å². The number of rotatable bonds is 3. The maximum Gasteiger partial charge on any atom is 0.264 e. The summed E-state index contributed by atoms with van der Waals surface area (Å²) in [7, 11) is -3.50. The monoisotopic (exact) mass is 378 g/mol. The summed E-state index contributed by atoms with van der Waals surface area (Å²) in [5.74, 6) is -0.00594. The molecule has 3 rings (SSSR count). The summed E-state index contributed by atoms with van der Waals surface area (Å²) in [6.45, 7) is 7.41. The van der Waals surface area contributed by atoms with E-state index in [1.807, 2.05) is 26.8 Å². The van der Waals surface area contributed by atoms with E-state index < -0.39 is 10.0 Å². The Morgan fingerprint density at radius 2 is 1.60 bits per heavy atom. The molecule has 1 saturated heterocycles. The Morgan fingerprint density at radius 3 is 2.12 bits per heavy atom. The van der Waals surface area contributed by atoms with Gasteiger partial charge < -0.3 is 4.90 Å². The van der Waals surface area contributed by atoms with Crippen molar-refractivity contribution >= 4 is 27.3 Å². The van der Waals surface area contributed by atoms with Crippen LogP contribution in [0.1, 0.15) is 25.7 Å². The molecule has 0 spiro atoms. The van der Waals surface area contributed by atoms with Gasteiger partial charge in [0.15, 0.2) is 0 Å². The number of piperazine rings is 1. The highest BCUT2D eigenvalue weighted by atomic mass is 32.2. The van der Waals surface area contributed by atoms with Crippen molar-refractivity contribution in [2.45, 2.75) is 25.7 Å². The first-order valence-corrected chi connectivity index (χ1v) is 10.5. The molecule has 0 radical (unpaired) electrons. The molecule has 0 N–H and O–H groups in total. The van der Waals surface area contributed by atoms with Crippen LogP contribution in [0.4, 0.5) is 0 Å². The van der Waals surface area contributed by atoms with E-state index in [1.54, 1.807) is 29.2 Å². The van der Waals surface area contributed by atoms with Crippen LogP contribution in [-0.2, 0) is 10.0 Å². The normalized spacial score (nSPS) is 16.2. The third-order valence-corrected chi connectivity index (χ3v) is 7.61. The second-order valence-electron chi connectivity index (χ2n) is 6.36. The highest BCUT2D eigenvalue weighted by Crippen LogP contribution is 2.24. The molecule has 134 valence electrons. The van der Waals surface area contributed by atoms with Gasteiger partial charge in [0.1, 0.15) is 0 Å². The molecule has 1 aromatic carbocycles.